The van der Waals surface area contributed by atoms with Crippen LogP contribution in [0.2, 0.25) is 0 Å². The van der Waals surface area contributed by atoms with Gasteiger partial charge in [-0.15, -0.1) is 0 Å². The summed E-state index contributed by atoms with van der Waals surface area (Å²) in [7, 11) is 10.5. The van der Waals surface area contributed by atoms with E-state index in [1.54, 1.807) is 0 Å². The molecule has 0 aromatic carbocycles. The molecule has 8 bridgehead atoms. The van der Waals surface area contributed by atoms with E-state index in [1.807, 2.05) is 24.3 Å². The number of aromatic nitrogens is 4. The average molecular weight is 1060 g/mol. The van der Waals surface area contributed by atoms with Crippen LogP contribution in [0.15, 0.2) is 24.3 Å². The summed E-state index contributed by atoms with van der Waals surface area (Å²) in [6.45, 7) is 0. The van der Waals surface area contributed by atoms with Crippen molar-refractivity contribution in [2.45, 2.75) is 128 Å². The average Bonchev–Trinajstić information content (AvgIpc) is 4.13. The van der Waals surface area contributed by atoms with E-state index in [1.165, 1.54) is 56.9 Å². The van der Waals surface area contributed by atoms with E-state index in [9.17, 15) is 38.4 Å². The first-order chi connectivity index (χ1) is 36.6. The van der Waals surface area contributed by atoms with Gasteiger partial charge in [-0.3, -0.25) is 38.4 Å². The number of aromatic amines is 2. The molecule has 0 saturated heterocycles. The van der Waals surface area contributed by atoms with Crippen LogP contribution in [-0.4, -0.2) is 125 Å². The first kappa shape index (κ1) is 59.2. The molecular weight excluding hydrogens is 985 g/mol. The number of allylic oxidation sites excluding steroid dienone is 4. The number of rotatable bonds is 28. The van der Waals surface area contributed by atoms with Crippen LogP contribution in [-0.2, 0) is 102 Å². The predicted molar refractivity (Wildman–Crippen MR) is 279 cm³/mol. The molecule has 3 aromatic heterocycles. The Bertz CT molecular complexity index is 2890. The molecule has 0 fully saturated rings. The van der Waals surface area contributed by atoms with Gasteiger partial charge in [0.25, 0.3) is 0 Å². The number of carbonyl (C=O) groups is 8. The van der Waals surface area contributed by atoms with Gasteiger partial charge in [-0.25, -0.2) is 9.97 Å². The van der Waals surface area contributed by atoms with Crippen LogP contribution >= 0.6 is 0 Å². The number of hydrogen-bond acceptors (Lipinski definition) is 18. The van der Waals surface area contributed by atoms with Gasteiger partial charge < -0.3 is 47.9 Å². The fourth-order valence-corrected chi connectivity index (χ4v) is 9.53. The minimum absolute atomic E-state index is 0.000633. The van der Waals surface area contributed by atoms with Crippen molar-refractivity contribution in [3.63, 3.8) is 0 Å². The molecule has 0 unspecified atom stereocenters. The van der Waals surface area contributed by atoms with E-state index in [4.69, 9.17) is 47.9 Å². The van der Waals surface area contributed by atoms with Gasteiger partial charge in [0, 0.05) is 73.4 Å². The normalized spacial score (nSPS) is 12.0. The van der Waals surface area contributed by atoms with E-state index in [-0.39, 0.29) is 77.0 Å². The Morgan fingerprint density at radius 2 is 0.539 bits per heavy atom. The number of fused-ring (bicyclic) bond motifs is 8. The van der Waals surface area contributed by atoms with Gasteiger partial charge in [0.15, 0.2) is 0 Å². The second-order valence-electron chi connectivity index (χ2n) is 18.1. The number of methoxy groups -OCH3 is 8. The smallest absolute Gasteiger partial charge is 0.305 e. The lowest BCUT2D eigenvalue weighted by atomic mass is 9.93. The molecule has 0 spiro atoms. The summed E-state index contributed by atoms with van der Waals surface area (Å²) in [5, 5.41) is 0. The second-order valence-corrected chi connectivity index (χ2v) is 18.1. The largest absolute Gasteiger partial charge is 0.469 e. The molecule has 76 heavy (non-hydrogen) atoms. The number of nitrogens with zero attached hydrogens (tertiary/aromatic N) is 2. The van der Waals surface area contributed by atoms with Gasteiger partial charge >= 0.3 is 47.8 Å². The van der Waals surface area contributed by atoms with Crippen LogP contribution in [0.5, 0.6) is 0 Å². The molecule has 410 valence electrons. The van der Waals surface area contributed by atoms with Gasteiger partial charge in [0.2, 0.25) is 0 Å². The zero-order valence-corrected chi connectivity index (χ0v) is 44.9. The topological polar surface area (TPSA) is 268 Å². The lowest BCUT2D eigenvalue weighted by Gasteiger charge is -2.10. The van der Waals surface area contributed by atoms with Crippen LogP contribution in [0.3, 0.4) is 0 Å². The van der Waals surface area contributed by atoms with Crippen LogP contribution in [0.25, 0.3) is 44.4 Å². The number of H-pyrrole nitrogens is 2. The highest BCUT2D eigenvalue weighted by molar-refractivity contribution is 5.98. The highest BCUT2D eigenvalue weighted by Gasteiger charge is 2.27. The number of ether oxygens (including phenoxy) is 8. The first-order valence-corrected chi connectivity index (χ1v) is 25.4. The third-order valence-corrected chi connectivity index (χ3v) is 13.5. The van der Waals surface area contributed by atoms with E-state index < -0.39 is 47.8 Å². The molecule has 2 aliphatic heterocycles. The predicted octanol–water partition coefficient (Wildman–Crippen LogP) is 7.93. The highest BCUT2D eigenvalue weighted by atomic mass is 16.5. The minimum Gasteiger partial charge on any atom is -0.469 e. The van der Waals surface area contributed by atoms with E-state index >= 15 is 0 Å². The maximum Gasteiger partial charge on any atom is 0.305 e. The van der Waals surface area contributed by atoms with Crippen molar-refractivity contribution >= 4 is 92.1 Å². The van der Waals surface area contributed by atoms with Gasteiger partial charge in [0.05, 0.1) is 79.7 Å². The number of carbonyl (C=O) groups excluding carboxylic acids is 8. The van der Waals surface area contributed by atoms with Crippen molar-refractivity contribution in [3.05, 3.63) is 69.3 Å². The Kier molecular flexibility index (Phi) is 23.0. The van der Waals surface area contributed by atoms with Crippen molar-refractivity contribution < 1.29 is 76.3 Å². The van der Waals surface area contributed by atoms with E-state index in [0.29, 0.717) is 107 Å². The lowest BCUT2D eigenvalue weighted by molar-refractivity contribution is -0.141. The summed E-state index contributed by atoms with van der Waals surface area (Å²) in [6, 6.07) is 7.50. The van der Waals surface area contributed by atoms with Crippen LogP contribution in [0.4, 0.5) is 0 Å². The fraction of sp³-hybridized carbons (Fsp3) is 0.500. The van der Waals surface area contributed by atoms with Crippen LogP contribution in [0, 0.1) is 0 Å². The highest BCUT2D eigenvalue weighted by Crippen LogP contribution is 2.42. The number of aryl methyl sites for hydroxylation is 4. The molecular formula is C56H70N4O16. The van der Waals surface area contributed by atoms with Gasteiger partial charge in [-0.2, -0.15) is 0 Å². The van der Waals surface area contributed by atoms with Crippen molar-refractivity contribution in [3.8, 4) is 0 Å². The summed E-state index contributed by atoms with van der Waals surface area (Å²) in [5.74, 6) is -3.43. The Labute approximate surface area is 441 Å². The molecule has 0 radical (unpaired) electrons. The zero-order valence-electron chi connectivity index (χ0n) is 44.9. The Balaban J connectivity index is 2.06. The third-order valence-electron chi connectivity index (χ3n) is 13.5. The Morgan fingerprint density at radius 3 is 0.855 bits per heavy atom. The quantitative estimate of drug-likeness (QED) is 0.0516. The molecule has 3 aromatic rings. The van der Waals surface area contributed by atoms with Crippen molar-refractivity contribution in [1.29, 1.82) is 0 Å². The van der Waals surface area contributed by atoms with E-state index in [0.717, 1.165) is 33.4 Å². The van der Waals surface area contributed by atoms with Crippen LogP contribution in [0.1, 0.15) is 148 Å². The van der Waals surface area contributed by atoms with Crippen molar-refractivity contribution in [1.82, 2.24) is 19.9 Å². The summed E-state index contributed by atoms with van der Waals surface area (Å²) in [6.07, 6.45) is 3.98. The molecule has 20 nitrogen and oxygen atoms in total. The number of nitrogens with one attached hydrogen (secondary N) is 2. The molecule has 2 aliphatic rings. The Hall–Kier alpha value is -7.64. The minimum atomic E-state index is -0.460. The first-order valence-electron chi connectivity index (χ1n) is 25.4. The maximum absolute atomic E-state index is 12.9. The van der Waals surface area contributed by atoms with E-state index in [2.05, 4.69) is 9.97 Å². The summed E-state index contributed by atoms with van der Waals surface area (Å²) in [5.41, 5.74) is 10.3. The third kappa shape index (κ3) is 16.2. The molecule has 2 N–H and O–H groups in total. The number of esters is 8. The molecule has 0 saturated carbocycles. The Morgan fingerprint density at radius 1 is 0.303 bits per heavy atom. The van der Waals surface area contributed by atoms with Crippen molar-refractivity contribution in [2.75, 3.05) is 56.9 Å². The molecule has 5 heterocycles. The summed E-state index contributed by atoms with van der Waals surface area (Å²) < 4.78 is 40.4. The second kappa shape index (κ2) is 29.5. The zero-order chi connectivity index (χ0) is 55.3. The lowest BCUT2D eigenvalue weighted by Crippen LogP contribution is -2.04. The summed E-state index contributed by atoms with van der Waals surface area (Å²) in [4.78, 5) is 120. The fourth-order valence-electron chi connectivity index (χ4n) is 9.53. The summed E-state index contributed by atoms with van der Waals surface area (Å²) >= 11 is 0. The van der Waals surface area contributed by atoms with Gasteiger partial charge in [-0.05, 0) is 146 Å². The number of hydrogen-bond donors (Lipinski definition) is 2. The van der Waals surface area contributed by atoms with Gasteiger partial charge in [-0.1, -0.05) is 0 Å². The van der Waals surface area contributed by atoms with Gasteiger partial charge in [0.1, 0.15) is 0 Å². The SMILES string of the molecule is COC(=O)CCCC1=C(CCC(=O)OC)c2cc3nc(cc4[nH]c(cc5[nH]c(cc1n2)c(CCC(=O)OC)c5CCCC(=O)OC)c(CCC(=O)OC)c4CCCC(=O)OC)C(CCC(=O)OC)=C3CCCC(=O)OC. The maximum atomic E-state index is 12.9. The molecule has 0 aliphatic carbocycles. The molecule has 20 heteroatoms. The molecule has 0 atom stereocenters. The monoisotopic (exact) mass is 1050 g/mol. The van der Waals surface area contributed by atoms with Crippen molar-refractivity contribution in [2.24, 2.45) is 0 Å². The van der Waals surface area contributed by atoms with Crippen LogP contribution < -0.4 is 0 Å². The molecule has 5 rings (SSSR count). The molecule has 0 amide bonds. The standard InChI is InChI=1S/C56H70N4O16/c1-69-49(61)17-9-13-33-37(21-25-53(65)73-5)45-30-42-35(15-11-19-51(63)71-3)39(23-27-55(67)75-7)47(59-42)32-44-36(16-12-20-52(64)72-4)40(24-28-56(68)76-8)48(60-44)31-43-34(14-10-18-50(62)70-2)38(22-26-54(66)74-6)46(58-43)29-41(33)57-45/h29-32,57-58H,9-28H2,1-8H3.